The van der Waals surface area contributed by atoms with Crippen molar-refractivity contribution in [1.29, 1.82) is 0 Å². The van der Waals surface area contributed by atoms with E-state index in [2.05, 4.69) is 48.4 Å². The maximum Gasteiger partial charge on any atom is 0.0376 e. The van der Waals surface area contributed by atoms with E-state index in [1.165, 1.54) is 36.0 Å². The Bertz CT molecular complexity index is 619. The number of rotatable bonds is 5. The summed E-state index contributed by atoms with van der Waals surface area (Å²) in [7, 11) is 0. The molecule has 0 radical (unpaired) electrons. The van der Waals surface area contributed by atoms with Gasteiger partial charge in [0.25, 0.3) is 0 Å². The van der Waals surface area contributed by atoms with Gasteiger partial charge in [0.2, 0.25) is 0 Å². The van der Waals surface area contributed by atoms with E-state index < -0.39 is 0 Å². The molecule has 0 spiro atoms. The van der Waals surface area contributed by atoms with Crippen LogP contribution in [0.2, 0.25) is 0 Å². The lowest BCUT2D eigenvalue weighted by molar-refractivity contribution is 0.547. The molecule has 0 saturated carbocycles. The van der Waals surface area contributed by atoms with E-state index in [1.54, 1.807) is 11.1 Å². The predicted octanol–water partition coefficient (Wildman–Crippen LogP) is 3.77. The van der Waals surface area contributed by atoms with Gasteiger partial charge >= 0.3 is 0 Å². The van der Waals surface area contributed by atoms with Gasteiger partial charge in [0.15, 0.2) is 0 Å². The van der Waals surface area contributed by atoms with Crippen molar-refractivity contribution in [2.75, 3.05) is 6.54 Å². The Kier molecular flexibility index (Phi) is 4.35. The number of hydrogen-bond donors (Lipinski definition) is 1. The normalized spacial score (nSPS) is 15.0. The summed E-state index contributed by atoms with van der Waals surface area (Å²) < 4.78 is 0. The number of fused-ring (bicyclic) bond motifs is 1. The van der Waals surface area contributed by atoms with Gasteiger partial charge in [-0.3, -0.25) is 4.98 Å². The summed E-state index contributed by atoms with van der Waals surface area (Å²) in [6, 6.07) is 9.64. The molecule has 0 fully saturated rings. The number of hydrogen-bond acceptors (Lipinski definition) is 2. The Labute approximate surface area is 127 Å². The Morgan fingerprint density at radius 2 is 2.00 bits per heavy atom. The highest BCUT2D eigenvalue weighted by atomic mass is 14.9. The van der Waals surface area contributed by atoms with E-state index in [-0.39, 0.29) is 0 Å². The lowest BCUT2D eigenvalue weighted by Gasteiger charge is -2.19. The molecular weight excluding hydrogens is 256 g/mol. The van der Waals surface area contributed by atoms with E-state index in [9.17, 15) is 0 Å². The SMILES string of the molecule is CCNC(Cc1ccc2c(c1)CCC2)c1cncc(C)c1. The second-order valence-corrected chi connectivity index (χ2v) is 6.07. The lowest BCUT2D eigenvalue weighted by atomic mass is 9.97. The molecule has 3 rings (SSSR count). The van der Waals surface area contributed by atoms with Crippen molar-refractivity contribution in [1.82, 2.24) is 10.3 Å². The van der Waals surface area contributed by atoms with Crippen molar-refractivity contribution in [3.8, 4) is 0 Å². The highest BCUT2D eigenvalue weighted by Crippen LogP contribution is 2.25. The summed E-state index contributed by atoms with van der Waals surface area (Å²) in [6.07, 6.45) is 8.77. The van der Waals surface area contributed by atoms with Gasteiger partial charge in [-0.25, -0.2) is 0 Å². The summed E-state index contributed by atoms with van der Waals surface area (Å²) in [5.41, 5.74) is 7.06. The third-order valence-corrected chi connectivity index (χ3v) is 4.35. The van der Waals surface area contributed by atoms with Crippen LogP contribution >= 0.6 is 0 Å². The van der Waals surface area contributed by atoms with Gasteiger partial charge in [-0.05, 0) is 67.0 Å². The van der Waals surface area contributed by atoms with Crippen molar-refractivity contribution in [3.05, 3.63) is 64.5 Å². The Morgan fingerprint density at radius 3 is 2.81 bits per heavy atom. The van der Waals surface area contributed by atoms with Gasteiger partial charge < -0.3 is 5.32 Å². The van der Waals surface area contributed by atoms with E-state index in [4.69, 9.17) is 0 Å². The Balaban J connectivity index is 1.82. The zero-order valence-electron chi connectivity index (χ0n) is 13.0. The average molecular weight is 280 g/mol. The van der Waals surface area contributed by atoms with Crippen molar-refractivity contribution < 1.29 is 0 Å². The van der Waals surface area contributed by atoms with Crippen LogP contribution in [-0.2, 0) is 19.3 Å². The number of likely N-dealkylation sites (N-methyl/N-ethyl adjacent to an activating group) is 1. The maximum absolute atomic E-state index is 4.35. The predicted molar refractivity (Wildman–Crippen MR) is 87.6 cm³/mol. The van der Waals surface area contributed by atoms with Crippen LogP contribution in [0.5, 0.6) is 0 Å². The zero-order chi connectivity index (χ0) is 14.7. The number of pyridine rings is 1. The van der Waals surface area contributed by atoms with Crippen LogP contribution in [0.3, 0.4) is 0 Å². The lowest BCUT2D eigenvalue weighted by Crippen LogP contribution is -2.23. The molecule has 2 heteroatoms. The van der Waals surface area contributed by atoms with E-state index in [1.807, 2.05) is 12.4 Å². The number of aromatic nitrogens is 1. The first-order chi connectivity index (χ1) is 10.3. The quantitative estimate of drug-likeness (QED) is 0.901. The molecule has 1 aliphatic carbocycles. The van der Waals surface area contributed by atoms with Crippen LogP contribution in [0.15, 0.2) is 36.7 Å². The van der Waals surface area contributed by atoms with Crippen LogP contribution < -0.4 is 5.32 Å². The van der Waals surface area contributed by atoms with Crippen molar-refractivity contribution >= 4 is 0 Å². The molecule has 1 N–H and O–H groups in total. The minimum absolute atomic E-state index is 0.349. The molecular formula is C19H24N2. The van der Waals surface area contributed by atoms with Crippen LogP contribution in [0.25, 0.3) is 0 Å². The summed E-state index contributed by atoms with van der Waals surface area (Å²) in [5, 5.41) is 3.60. The molecule has 1 aromatic carbocycles. The first-order valence-corrected chi connectivity index (χ1v) is 8.02. The molecule has 1 aliphatic rings. The van der Waals surface area contributed by atoms with E-state index in [0.29, 0.717) is 6.04 Å². The van der Waals surface area contributed by atoms with E-state index in [0.717, 1.165) is 13.0 Å². The fourth-order valence-electron chi connectivity index (χ4n) is 3.31. The number of nitrogens with one attached hydrogen (secondary N) is 1. The largest absolute Gasteiger partial charge is 0.310 e. The molecule has 0 saturated heterocycles. The highest BCUT2D eigenvalue weighted by molar-refractivity contribution is 5.36. The smallest absolute Gasteiger partial charge is 0.0376 e. The third kappa shape index (κ3) is 3.33. The monoisotopic (exact) mass is 280 g/mol. The minimum atomic E-state index is 0.349. The molecule has 0 bridgehead atoms. The highest BCUT2D eigenvalue weighted by Gasteiger charge is 2.15. The first-order valence-electron chi connectivity index (χ1n) is 8.02. The van der Waals surface area contributed by atoms with Crippen LogP contribution in [0.4, 0.5) is 0 Å². The molecule has 0 aliphatic heterocycles. The molecule has 21 heavy (non-hydrogen) atoms. The summed E-state index contributed by atoms with van der Waals surface area (Å²) in [4.78, 5) is 4.35. The molecule has 2 aromatic rings. The van der Waals surface area contributed by atoms with Crippen molar-refractivity contribution in [2.45, 2.75) is 45.6 Å². The van der Waals surface area contributed by atoms with Crippen LogP contribution in [0, 0.1) is 6.92 Å². The van der Waals surface area contributed by atoms with Gasteiger partial charge in [0.1, 0.15) is 0 Å². The fourth-order valence-corrected chi connectivity index (χ4v) is 3.31. The van der Waals surface area contributed by atoms with Crippen molar-refractivity contribution in [3.63, 3.8) is 0 Å². The van der Waals surface area contributed by atoms with Gasteiger partial charge in [-0.1, -0.05) is 31.2 Å². The molecule has 1 heterocycles. The Hall–Kier alpha value is -1.67. The zero-order valence-corrected chi connectivity index (χ0v) is 13.0. The molecule has 1 aromatic heterocycles. The summed E-state index contributed by atoms with van der Waals surface area (Å²) >= 11 is 0. The number of nitrogens with zero attached hydrogens (tertiary/aromatic N) is 1. The first kappa shape index (κ1) is 14.3. The standard InChI is InChI=1S/C19H24N2/c1-3-21-19(18-9-14(2)12-20-13-18)11-15-7-8-16-5-4-6-17(16)10-15/h7-10,12-13,19,21H,3-6,11H2,1-2H3. The second-order valence-electron chi connectivity index (χ2n) is 6.07. The molecule has 1 unspecified atom stereocenters. The maximum atomic E-state index is 4.35. The second kappa shape index (κ2) is 6.40. The van der Waals surface area contributed by atoms with Gasteiger partial charge in [0, 0.05) is 18.4 Å². The van der Waals surface area contributed by atoms with Gasteiger partial charge in [0.05, 0.1) is 0 Å². The van der Waals surface area contributed by atoms with Gasteiger partial charge in [-0.2, -0.15) is 0 Å². The number of benzene rings is 1. The fraction of sp³-hybridized carbons (Fsp3) is 0.421. The van der Waals surface area contributed by atoms with E-state index >= 15 is 0 Å². The molecule has 0 amide bonds. The molecule has 110 valence electrons. The third-order valence-electron chi connectivity index (χ3n) is 4.35. The minimum Gasteiger partial charge on any atom is -0.310 e. The Morgan fingerprint density at radius 1 is 1.14 bits per heavy atom. The average Bonchev–Trinajstić information content (AvgIpc) is 2.94. The topological polar surface area (TPSA) is 24.9 Å². The molecule has 2 nitrogen and oxygen atoms in total. The van der Waals surface area contributed by atoms with Gasteiger partial charge in [-0.15, -0.1) is 0 Å². The summed E-state index contributed by atoms with van der Waals surface area (Å²) in [6.45, 7) is 5.25. The van der Waals surface area contributed by atoms with Crippen LogP contribution in [0.1, 0.15) is 47.2 Å². The van der Waals surface area contributed by atoms with Crippen LogP contribution in [-0.4, -0.2) is 11.5 Å². The number of aryl methyl sites for hydroxylation is 3. The summed E-state index contributed by atoms with van der Waals surface area (Å²) in [5.74, 6) is 0. The molecule has 1 atom stereocenters. The van der Waals surface area contributed by atoms with Crippen molar-refractivity contribution in [2.24, 2.45) is 0 Å².